The first kappa shape index (κ1) is 15.5. The first-order valence-electron chi connectivity index (χ1n) is 7.21. The molecule has 0 spiro atoms. The Kier molecular flexibility index (Phi) is 4.26. The van der Waals surface area contributed by atoms with Gasteiger partial charge in [0.05, 0.1) is 11.5 Å². The largest absolute Gasteiger partial charge is 0.313 e. The van der Waals surface area contributed by atoms with E-state index in [1.807, 2.05) is 7.05 Å². The maximum absolute atomic E-state index is 11.7. The summed E-state index contributed by atoms with van der Waals surface area (Å²) in [5.41, 5.74) is 2.63. The minimum absolute atomic E-state index is 0.126. The summed E-state index contributed by atoms with van der Waals surface area (Å²) in [4.78, 5) is 0. The van der Waals surface area contributed by atoms with E-state index in [-0.39, 0.29) is 17.4 Å². The summed E-state index contributed by atoms with van der Waals surface area (Å²) in [6.45, 7) is 6.59. The van der Waals surface area contributed by atoms with Crippen LogP contribution in [0.3, 0.4) is 0 Å². The molecule has 112 valence electrons. The van der Waals surface area contributed by atoms with E-state index >= 15 is 0 Å². The molecular weight excluding hydrogens is 270 g/mol. The zero-order chi connectivity index (χ0) is 15.0. The van der Waals surface area contributed by atoms with Crippen LogP contribution in [0.2, 0.25) is 0 Å². The normalized spacial score (nSPS) is 23.7. The van der Waals surface area contributed by atoms with Gasteiger partial charge in [-0.3, -0.25) is 0 Å². The second-order valence-electron chi connectivity index (χ2n) is 6.80. The van der Waals surface area contributed by atoms with Crippen molar-refractivity contribution < 1.29 is 8.42 Å². The van der Waals surface area contributed by atoms with Gasteiger partial charge in [0, 0.05) is 6.04 Å². The molecule has 1 saturated heterocycles. The topological polar surface area (TPSA) is 46.2 Å². The molecule has 1 N–H and O–H groups in total. The lowest BCUT2D eigenvalue weighted by atomic mass is 9.85. The second kappa shape index (κ2) is 5.49. The molecule has 0 saturated carbocycles. The predicted octanol–water partition coefficient (Wildman–Crippen LogP) is 2.68. The fraction of sp³-hybridized carbons (Fsp3) is 0.625. The highest BCUT2D eigenvalue weighted by atomic mass is 32.2. The number of sulfone groups is 1. The molecule has 1 aliphatic rings. The van der Waals surface area contributed by atoms with Crippen LogP contribution >= 0.6 is 0 Å². The van der Waals surface area contributed by atoms with Crippen molar-refractivity contribution >= 4 is 9.84 Å². The summed E-state index contributed by atoms with van der Waals surface area (Å²) in [5, 5.41) is 3.29. The molecule has 2 atom stereocenters. The van der Waals surface area contributed by atoms with E-state index in [1.54, 1.807) is 0 Å². The van der Waals surface area contributed by atoms with Crippen molar-refractivity contribution in [2.45, 2.75) is 38.6 Å². The zero-order valence-electron chi connectivity index (χ0n) is 12.8. The molecule has 1 aliphatic heterocycles. The van der Waals surface area contributed by atoms with Gasteiger partial charge in [0.15, 0.2) is 9.84 Å². The van der Waals surface area contributed by atoms with E-state index in [1.165, 1.54) is 11.1 Å². The Bertz CT molecular complexity index is 555. The van der Waals surface area contributed by atoms with Crippen molar-refractivity contribution in [3.05, 3.63) is 35.4 Å². The lowest BCUT2D eigenvalue weighted by molar-refractivity contribution is 0.418. The maximum atomic E-state index is 11.7. The van der Waals surface area contributed by atoms with Crippen molar-refractivity contribution in [2.24, 2.45) is 5.92 Å². The van der Waals surface area contributed by atoms with Crippen molar-refractivity contribution in [3.8, 4) is 0 Å². The Morgan fingerprint density at radius 3 is 2.20 bits per heavy atom. The SMILES string of the molecule is CNC(c1ccc(C(C)(C)C)cc1)C1CCS(=O)(=O)C1. The summed E-state index contributed by atoms with van der Waals surface area (Å²) in [7, 11) is -0.920. The van der Waals surface area contributed by atoms with E-state index in [0.29, 0.717) is 11.5 Å². The highest BCUT2D eigenvalue weighted by Gasteiger charge is 2.33. The number of benzene rings is 1. The molecule has 1 fully saturated rings. The lowest BCUT2D eigenvalue weighted by Gasteiger charge is -2.24. The predicted molar refractivity (Wildman–Crippen MR) is 83.7 cm³/mol. The van der Waals surface area contributed by atoms with Crippen LogP contribution in [0.1, 0.15) is 44.4 Å². The second-order valence-corrected chi connectivity index (χ2v) is 9.03. The van der Waals surface area contributed by atoms with Gasteiger partial charge in [0.1, 0.15) is 0 Å². The van der Waals surface area contributed by atoms with Gasteiger partial charge in [-0.2, -0.15) is 0 Å². The third kappa shape index (κ3) is 3.41. The number of nitrogens with one attached hydrogen (secondary N) is 1. The van der Waals surface area contributed by atoms with Crippen molar-refractivity contribution in [3.63, 3.8) is 0 Å². The first-order valence-corrected chi connectivity index (χ1v) is 9.03. The van der Waals surface area contributed by atoms with E-state index in [9.17, 15) is 8.42 Å². The molecule has 0 radical (unpaired) electrons. The molecule has 2 unspecified atom stereocenters. The average Bonchev–Trinajstić information content (AvgIpc) is 2.70. The van der Waals surface area contributed by atoms with Crippen LogP contribution in [-0.4, -0.2) is 27.0 Å². The van der Waals surface area contributed by atoms with Gasteiger partial charge in [-0.05, 0) is 35.9 Å². The van der Waals surface area contributed by atoms with E-state index in [2.05, 4.69) is 50.4 Å². The Morgan fingerprint density at radius 1 is 1.20 bits per heavy atom. The van der Waals surface area contributed by atoms with Gasteiger partial charge in [-0.15, -0.1) is 0 Å². The Morgan fingerprint density at radius 2 is 1.80 bits per heavy atom. The lowest BCUT2D eigenvalue weighted by Crippen LogP contribution is -2.26. The number of hydrogen-bond acceptors (Lipinski definition) is 3. The zero-order valence-corrected chi connectivity index (χ0v) is 13.6. The fourth-order valence-corrected chi connectivity index (χ4v) is 4.79. The van der Waals surface area contributed by atoms with E-state index < -0.39 is 9.84 Å². The minimum Gasteiger partial charge on any atom is -0.313 e. The quantitative estimate of drug-likeness (QED) is 0.932. The molecule has 4 heteroatoms. The molecular formula is C16H25NO2S. The van der Waals surface area contributed by atoms with Gasteiger partial charge in [0.25, 0.3) is 0 Å². The highest BCUT2D eigenvalue weighted by Crippen LogP contribution is 2.32. The Balaban J connectivity index is 2.21. The van der Waals surface area contributed by atoms with Crippen LogP contribution in [0.25, 0.3) is 0 Å². The Hall–Kier alpha value is -0.870. The third-order valence-corrected chi connectivity index (χ3v) is 5.98. The van der Waals surface area contributed by atoms with Crippen LogP contribution < -0.4 is 5.32 Å². The molecule has 0 bridgehead atoms. The molecule has 0 aromatic heterocycles. The summed E-state index contributed by atoms with van der Waals surface area (Å²) in [6, 6.07) is 8.70. The van der Waals surface area contributed by atoms with E-state index in [0.717, 1.165) is 6.42 Å². The monoisotopic (exact) mass is 295 g/mol. The molecule has 0 aliphatic carbocycles. The van der Waals surface area contributed by atoms with Gasteiger partial charge >= 0.3 is 0 Å². The molecule has 0 amide bonds. The smallest absolute Gasteiger partial charge is 0.150 e. The fourth-order valence-electron chi connectivity index (χ4n) is 2.95. The average molecular weight is 295 g/mol. The van der Waals surface area contributed by atoms with E-state index in [4.69, 9.17) is 0 Å². The Labute approximate surface area is 122 Å². The van der Waals surface area contributed by atoms with Gasteiger partial charge in [-0.1, -0.05) is 45.0 Å². The third-order valence-electron chi connectivity index (χ3n) is 4.19. The summed E-state index contributed by atoms with van der Waals surface area (Å²) in [6.07, 6.45) is 0.759. The standard InChI is InChI=1S/C16H25NO2S/c1-16(2,3)14-7-5-12(6-8-14)15(17-4)13-9-10-20(18,19)11-13/h5-8,13,15,17H,9-11H2,1-4H3. The molecule has 3 nitrogen and oxygen atoms in total. The molecule has 2 rings (SSSR count). The van der Waals surface area contributed by atoms with Crippen molar-refractivity contribution in [2.75, 3.05) is 18.6 Å². The number of rotatable bonds is 3. The number of hydrogen-bond donors (Lipinski definition) is 1. The summed E-state index contributed by atoms with van der Waals surface area (Å²) >= 11 is 0. The van der Waals surface area contributed by atoms with Gasteiger partial charge in [0.2, 0.25) is 0 Å². The van der Waals surface area contributed by atoms with Crippen LogP contribution in [0, 0.1) is 5.92 Å². The summed E-state index contributed by atoms with van der Waals surface area (Å²) in [5.74, 6) is 0.820. The van der Waals surface area contributed by atoms with Crippen molar-refractivity contribution in [1.29, 1.82) is 0 Å². The molecule has 1 aromatic rings. The van der Waals surface area contributed by atoms with Crippen molar-refractivity contribution in [1.82, 2.24) is 5.32 Å². The van der Waals surface area contributed by atoms with Gasteiger partial charge in [-0.25, -0.2) is 8.42 Å². The minimum atomic E-state index is -2.83. The molecule has 20 heavy (non-hydrogen) atoms. The van der Waals surface area contributed by atoms with Gasteiger partial charge < -0.3 is 5.32 Å². The van der Waals surface area contributed by atoms with Crippen LogP contribution in [0.5, 0.6) is 0 Å². The summed E-state index contributed by atoms with van der Waals surface area (Å²) < 4.78 is 23.3. The highest BCUT2D eigenvalue weighted by molar-refractivity contribution is 7.91. The van der Waals surface area contributed by atoms with Crippen LogP contribution in [0.4, 0.5) is 0 Å². The maximum Gasteiger partial charge on any atom is 0.150 e. The van der Waals surface area contributed by atoms with Crippen LogP contribution in [0.15, 0.2) is 24.3 Å². The molecule has 1 heterocycles. The first-order chi connectivity index (χ1) is 9.23. The molecule has 1 aromatic carbocycles. The van der Waals surface area contributed by atoms with Crippen LogP contribution in [-0.2, 0) is 15.3 Å².